The summed E-state index contributed by atoms with van der Waals surface area (Å²) in [5.41, 5.74) is 2.03. The highest BCUT2D eigenvalue weighted by atomic mass is 32.2. The third kappa shape index (κ3) is 4.16. The van der Waals surface area contributed by atoms with Crippen molar-refractivity contribution in [1.29, 1.82) is 0 Å². The third-order valence-corrected chi connectivity index (χ3v) is 6.75. The Morgan fingerprint density at radius 2 is 1.92 bits per heavy atom. The Morgan fingerprint density at radius 1 is 1.19 bits per heavy atom. The van der Waals surface area contributed by atoms with Crippen LogP contribution in [0.4, 0.5) is 0 Å². The summed E-state index contributed by atoms with van der Waals surface area (Å²) < 4.78 is 26.9. The first kappa shape index (κ1) is 19.1. The van der Waals surface area contributed by atoms with Crippen LogP contribution >= 0.6 is 0 Å². The van der Waals surface area contributed by atoms with Crippen molar-refractivity contribution in [3.63, 3.8) is 0 Å². The van der Waals surface area contributed by atoms with Crippen LogP contribution in [0.5, 0.6) is 0 Å². The summed E-state index contributed by atoms with van der Waals surface area (Å²) in [5.74, 6) is 0.0602. The summed E-state index contributed by atoms with van der Waals surface area (Å²) >= 11 is 0. The summed E-state index contributed by atoms with van der Waals surface area (Å²) in [6.45, 7) is 4.94. The fourth-order valence-electron chi connectivity index (χ4n) is 3.44. The number of hydrogen-bond acceptors (Lipinski definition) is 5. The first-order chi connectivity index (χ1) is 12.4. The van der Waals surface area contributed by atoms with Crippen molar-refractivity contribution in [2.75, 3.05) is 32.9 Å². The van der Waals surface area contributed by atoms with E-state index in [1.54, 1.807) is 13.1 Å². The fraction of sp³-hybridized carbons (Fsp3) is 0.526. The van der Waals surface area contributed by atoms with Crippen molar-refractivity contribution in [2.24, 2.45) is 0 Å². The van der Waals surface area contributed by atoms with Gasteiger partial charge < -0.3 is 9.47 Å². The second-order valence-corrected chi connectivity index (χ2v) is 9.32. The van der Waals surface area contributed by atoms with Crippen LogP contribution < -0.4 is 0 Å². The van der Waals surface area contributed by atoms with Gasteiger partial charge in [-0.3, -0.25) is 4.90 Å². The molecule has 0 amide bonds. The van der Waals surface area contributed by atoms with E-state index in [9.17, 15) is 8.42 Å². The van der Waals surface area contributed by atoms with Crippen LogP contribution in [0.15, 0.2) is 41.7 Å². The summed E-state index contributed by atoms with van der Waals surface area (Å²) in [5, 5.41) is 0.183. The van der Waals surface area contributed by atoms with Gasteiger partial charge in [-0.15, -0.1) is 0 Å². The predicted octanol–water partition coefficient (Wildman–Crippen LogP) is 1.86. The molecule has 0 saturated carbocycles. The first-order valence-corrected chi connectivity index (χ1v) is 10.8. The first-order valence-electron chi connectivity index (χ1n) is 9.10. The van der Waals surface area contributed by atoms with E-state index < -0.39 is 9.84 Å². The summed E-state index contributed by atoms with van der Waals surface area (Å²) in [6, 6.07) is 10.5. The number of rotatable bonds is 7. The van der Waals surface area contributed by atoms with Crippen LogP contribution in [0.1, 0.15) is 24.6 Å². The van der Waals surface area contributed by atoms with Gasteiger partial charge in [0.1, 0.15) is 0 Å². The number of likely N-dealkylation sites (tertiary alicyclic amines) is 1. The molecule has 0 spiro atoms. The maximum Gasteiger partial charge on any atom is 0.228 e. The molecular weight excluding hydrogens is 348 g/mol. The summed E-state index contributed by atoms with van der Waals surface area (Å²) in [6.07, 6.45) is 2.87. The lowest BCUT2D eigenvalue weighted by atomic mass is 10.2. The lowest BCUT2D eigenvalue weighted by Gasteiger charge is -2.21. The summed E-state index contributed by atoms with van der Waals surface area (Å²) in [7, 11) is 0.861. The van der Waals surface area contributed by atoms with Crippen LogP contribution in [-0.2, 0) is 22.9 Å². The zero-order valence-corrected chi connectivity index (χ0v) is 16.6. The molecule has 0 radical (unpaired) electrons. The number of imidazole rings is 1. The monoisotopic (exact) mass is 376 g/mol. The number of hydrogen-bond donors (Lipinski definition) is 0. The average Bonchev–Trinajstić information content (AvgIpc) is 3.24. The van der Waals surface area contributed by atoms with E-state index in [1.807, 2.05) is 34.9 Å². The van der Waals surface area contributed by atoms with Gasteiger partial charge in [0, 0.05) is 25.7 Å². The number of nitrogens with zero attached hydrogens (tertiary/aromatic N) is 4. The number of aromatic nitrogens is 2. The highest BCUT2D eigenvalue weighted by molar-refractivity contribution is 7.91. The molecule has 2 aromatic rings. The zero-order chi connectivity index (χ0) is 18.7. The second-order valence-electron chi connectivity index (χ2n) is 7.15. The lowest BCUT2D eigenvalue weighted by Crippen LogP contribution is -2.31. The Bertz CT molecular complexity index is 830. The number of sulfone groups is 1. The van der Waals surface area contributed by atoms with Gasteiger partial charge in [0.15, 0.2) is 0 Å². The van der Waals surface area contributed by atoms with E-state index >= 15 is 0 Å². The average molecular weight is 377 g/mol. The maximum atomic E-state index is 12.5. The Kier molecular flexibility index (Phi) is 5.79. The van der Waals surface area contributed by atoms with Crippen molar-refractivity contribution < 1.29 is 8.42 Å². The minimum absolute atomic E-state index is 0.0602. The highest BCUT2D eigenvalue weighted by Gasteiger charge is 2.27. The smallest absolute Gasteiger partial charge is 0.228 e. The molecule has 1 aromatic carbocycles. The molecule has 6 nitrogen and oxygen atoms in total. The molecule has 1 fully saturated rings. The van der Waals surface area contributed by atoms with Crippen LogP contribution in [0.3, 0.4) is 0 Å². The Morgan fingerprint density at radius 3 is 2.54 bits per heavy atom. The third-order valence-electron chi connectivity index (χ3n) is 5.11. The van der Waals surface area contributed by atoms with Gasteiger partial charge in [-0.1, -0.05) is 37.3 Å². The molecule has 142 valence electrons. The minimum Gasteiger partial charge on any atom is -0.313 e. The molecule has 7 heteroatoms. The molecule has 1 aromatic heterocycles. The van der Waals surface area contributed by atoms with E-state index in [0.29, 0.717) is 12.6 Å². The topological polar surface area (TPSA) is 58.4 Å². The SMILES string of the molecule is CCS(=O)(=O)c1ncc(CN2CC[C@@H](N(C)C)C2)n1Cc1ccccc1. The largest absolute Gasteiger partial charge is 0.313 e. The van der Waals surface area contributed by atoms with Crippen molar-refractivity contribution in [3.05, 3.63) is 47.8 Å². The molecule has 26 heavy (non-hydrogen) atoms. The quantitative estimate of drug-likeness (QED) is 0.738. The Hall–Kier alpha value is -1.70. The molecule has 1 saturated heterocycles. The van der Waals surface area contributed by atoms with Gasteiger partial charge in [-0.05, 0) is 26.1 Å². The van der Waals surface area contributed by atoms with Crippen molar-refractivity contribution in [2.45, 2.75) is 37.6 Å². The van der Waals surface area contributed by atoms with Gasteiger partial charge in [0.05, 0.1) is 24.2 Å². The van der Waals surface area contributed by atoms with E-state index in [-0.39, 0.29) is 10.9 Å². The van der Waals surface area contributed by atoms with Crippen molar-refractivity contribution in [1.82, 2.24) is 19.4 Å². The second kappa shape index (κ2) is 7.90. The Balaban J connectivity index is 1.88. The molecule has 0 aliphatic carbocycles. The highest BCUT2D eigenvalue weighted by Crippen LogP contribution is 2.20. The van der Waals surface area contributed by atoms with Crippen molar-refractivity contribution in [3.8, 4) is 0 Å². The fourth-order valence-corrected chi connectivity index (χ4v) is 4.43. The van der Waals surface area contributed by atoms with Gasteiger partial charge in [0.25, 0.3) is 0 Å². The molecule has 0 N–H and O–H groups in total. The molecular formula is C19H28N4O2S. The van der Waals surface area contributed by atoms with Gasteiger partial charge >= 0.3 is 0 Å². The summed E-state index contributed by atoms with van der Waals surface area (Å²) in [4.78, 5) is 8.93. The van der Waals surface area contributed by atoms with Crippen LogP contribution in [0, 0.1) is 0 Å². The van der Waals surface area contributed by atoms with Crippen molar-refractivity contribution >= 4 is 9.84 Å². The standard InChI is InChI=1S/C19H28N4O2S/c1-4-26(24,25)19-20-12-18(15-22-11-10-17(14-22)21(2)3)23(19)13-16-8-6-5-7-9-16/h5-9,12,17H,4,10-11,13-15H2,1-3H3/t17-/m1/s1. The van der Waals surface area contributed by atoms with Crippen LogP contribution in [-0.4, -0.2) is 66.7 Å². The predicted molar refractivity (Wildman–Crippen MR) is 103 cm³/mol. The molecule has 0 bridgehead atoms. The zero-order valence-electron chi connectivity index (χ0n) is 15.8. The molecule has 1 aliphatic heterocycles. The molecule has 1 atom stereocenters. The minimum atomic E-state index is -3.36. The Labute approximate surface area is 156 Å². The molecule has 1 aliphatic rings. The van der Waals surface area contributed by atoms with E-state index in [4.69, 9.17) is 0 Å². The molecule has 2 heterocycles. The van der Waals surface area contributed by atoms with Crippen LogP contribution in [0.2, 0.25) is 0 Å². The van der Waals surface area contributed by atoms with Gasteiger partial charge in [-0.25, -0.2) is 13.4 Å². The van der Waals surface area contributed by atoms with E-state index in [0.717, 1.165) is 37.3 Å². The number of likely N-dealkylation sites (N-methyl/N-ethyl adjacent to an activating group) is 1. The normalized spacial score (nSPS) is 18.7. The van der Waals surface area contributed by atoms with Gasteiger partial charge in [0.2, 0.25) is 15.0 Å². The number of benzene rings is 1. The molecule has 3 rings (SSSR count). The van der Waals surface area contributed by atoms with Crippen LogP contribution in [0.25, 0.3) is 0 Å². The maximum absolute atomic E-state index is 12.5. The van der Waals surface area contributed by atoms with E-state index in [1.165, 1.54) is 0 Å². The molecule has 0 unspecified atom stereocenters. The lowest BCUT2D eigenvalue weighted by molar-refractivity contribution is 0.261. The van der Waals surface area contributed by atoms with Gasteiger partial charge in [-0.2, -0.15) is 0 Å². The van der Waals surface area contributed by atoms with E-state index in [2.05, 4.69) is 28.9 Å².